The summed E-state index contributed by atoms with van der Waals surface area (Å²) in [5, 5.41) is 18.2. The Hall–Kier alpha value is -1.48. The van der Waals surface area contributed by atoms with Gasteiger partial charge in [0.2, 0.25) is 6.29 Å². The fraction of sp³-hybridized carbons (Fsp3) is 0.273. The third-order valence-electron chi connectivity index (χ3n) is 1.31. The number of ether oxygens (including phenoxy) is 1. The molecular formula is C11H16O3. The smallest absolute Gasteiger partial charge is 0.217 e. The second-order valence-corrected chi connectivity index (χ2v) is 2.21. The van der Waals surface area contributed by atoms with Crippen molar-refractivity contribution in [2.45, 2.75) is 20.1 Å². The van der Waals surface area contributed by atoms with Crippen LogP contribution in [0, 0.1) is 0 Å². The van der Waals surface area contributed by atoms with Gasteiger partial charge in [0.1, 0.15) is 0 Å². The first kappa shape index (κ1) is 12.5. The highest BCUT2D eigenvalue weighted by Gasteiger charge is 2.03. The molecule has 1 rings (SSSR count). The summed E-state index contributed by atoms with van der Waals surface area (Å²) in [6.07, 6.45) is 0.144. The maximum Gasteiger partial charge on any atom is 0.217 e. The van der Waals surface area contributed by atoms with Gasteiger partial charge in [-0.15, -0.1) is 0 Å². The molecule has 0 amide bonds. The summed E-state index contributed by atoms with van der Waals surface area (Å²) in [7, 11) is 0. The van der Waals surface area contributed by atoms with E-state index in [9.17, 15) is 5.11 Å². The molecule has 2 N–H and O–H groups in total. The first-order chi connectivity index (χ1) is 6.74. The van der Waals surface area contributed by atoms with E-state index < -0.39 is 6.29 Å². The van der Waals surface area contributed by atoms with Crippen molar-refractivity contribution in [3.05, 3.63) is 36.9 Å². The lowest BCUT2D eigenvalue weighted by atomic mass is 10.3. The lowest BCUT2D eigenvalue weighted by Crippen LogP contribution is -2.11. The minimum atomic E-state index is -1.08. The van der Waals surface area contributed by atoms with Crippen molar-refractivity contribution >= 4 is 0 Å². The Morgan fingerprint density at radius 1 is 1.36 bits per heavy atom. The third-order valence-corrected chi connectivity index (χ3v) is 1.31. The molecule has 0 aliphatic carbocycles. The van der Waals surface area contributed by atoms with Crippen LogP contribution in [-0.4, -0.2) is 16.5 Å². The van der Waals surface area contributed by atoms with Gasteiger partial charge in [0.05, 0.1) is 0 Å². The molecule has 0 aliphatic heterocycles. The fourth-order valence-corrected chi connectivity index (χ4v) is 0.735. The van der Waals surface area contributed by atoms with Crippen LogP contribution in [0.25, 0.3) is 0 Å². The number of hydrogen-bond donors (Lipinski definition) is 2. The van der Waals surface area contributed by atoms with E-state index in [0.717, 1.165) is 0 Å². The molecule has 0 saturated heterocycles. The van der Waals surface area contributed by atoms with Crippen LogP contribution in [0.4, 0.5) is 0 Å². The van der Waals surface area contributed by atoms with Gasteiger partial charge in [-0.05, 0) is 18.2 Å². The summed E-state index contributed by atoms with van der Waals surface area (Å²) in [4.78, 5) is 0. The molecule has 0 spiro atoms. The number of phenolic OH excluding ortho intramolecular Hbond substituents is 1. The van der Waals surface area contributed by atoms with Gasteiger partial charge in [0.25, 0.3) is 0 Å². The van der Waals surface area contributed by atoms with Gasteiger partial charge in [-0.1, -0.05) is 32.6 Å². The Bertz CT molecular complexity index is 271. The zero-order valence-corrected chi connectivity index (χ0v) is 8.47. The second-order valence-electron chi connectivity index (χ2n) is 2.21. The molecule has 0 radical (unpaired) electrons. The summed E-state index contributed by atoms with van der Waals surface area (Å²) in [5.74, 6) is 0.239. The topological polar surface area (TPSA) is 49.7 Å². The lowest BCUT2D eigenvalue weighted by Gasteiger charge is -2.09. The second kappa shape index (κ2) is 6.97. The summed E-state index contributed by atoms with van der Waals surface area (Å²) in [6, 6.07) is 6.40. The molecule has 1 aromatic rings. The number of aliphatic hydroxyl groups is 1. The van der Waals surface area contributed by atoms with E-state index in [1.807, 2.05) is 13.8 Å². The number of para-hydroxylation sites is 2. The Morgan fingerprint density at radius 2 is 1.93 bits per heavy atom. The molecule has 0 heterocycles. The largest absolute Gasteiger partial charge is 0.504 e. The normalized spacial score (nSPS) is 10.8. The van der Waals surface area contributed by atoms with Crippen LogP contribution < -0.4 is 4.74 Å². The average Bonchev–Trinajstić information content (AvgIpc) is 2.24. The highest BCUT2D eigenvalue weighted by Crippen LogP contribution is 2.24. The molecule has 0 aromatic heterocycles. The fourth-order valence-electron chi connectivity index (χ4n) is 0.735. The van der Waals surface area contributed by atoms with E-state index in [1.165, 1.54) is 12.1 Å². The van der Waals surface area contributed by atoms with Crippen LogP contribution in [0.2, 0.25) is 0 Å². The number of phenols is 1. The summed E-state index contributed by atoms with van der Waals surface area (Å²) < 4.78 is 4.88. The number of benzene rings is 1. The van der Waals surface area contributed by atoms with Gasteiger partial charge in [0.15, 0.2) is 11.5 Å². The minimum absolute atomic E-state index is 0.00148. The highest BCUT2D eigenvalue weighted by atomic mass is 16.6. The molecule has 0 saturated carbocycles. The van der Waals surface area contributed by atoms with Gasteiger partial charge in [0, 0.05) is 0 Å². The maximum atomic E-state index is 9.18. The van der Waals surface area contributed by atoms with Crippen molar-refractivity contribution in [1.82, 2.24) is 0 Å². The van der Waals surface area contributed by atoms with E-state index in [2.05, 4.69) is 6.58 Å². The van der Waals surface area contributed by atoms with Gasteiger partial charge >= 0.3 is 0 Å². The van der Waals surface area contributed by atoms with E-state index in [0.29, 0.717) is 0 Å². The molecule has 0 aliphatic rings. The zero-order valence-electron chi connectivity index (χ0n) is 8.47. The Morgan fingerprint density at radius 3 is 2.43 bits per heavy atom. The van der Waals surface area contributed by atoms with Crippen LogP contribution in [0.5, 0.6) is 11.5 Å². The van der Waals surface area contributed by atoms with E-state index in [1.54, 1.807) is 18.2 Å². The predicted molar refractivity (Wildman–Crippen MR) is 56.3 cm³/mol. The molecule has 0 fully saturated rings. The van der Waals surface area contributed by atoms with Crippen molar-refractivity contribution in [3.8, 4) is 11.5 Å². The van der Waals surface area contributed by atoms with Crippen LogP contribution in [0.15, 0.2) is 36.9 Å². The van der Waals surface area contributed by atoms with Gasteiger partial charge < -0.3 is 14.9 Å². The Kier molecular flexibility index (Phi) is 6.24. The zero-order chi connectivity index (χ0) is 11.0. The standard InChI is InChI=1S/C9H10O3.C2H6/c1-2-9(11)12-8-6-4-3-5-7(8)10;1-2/h2-6,9-11H,1H2;1-2H3. The molecule has 3 heteroatoms. The number of hydrogen-bond acceptors (Lipinski definition) is 3. The quantitative estimate of drug-likeness (QED) is 0.576. The SMILES string of the molecule is C=CC(O)Oc1ccccc1O.CC. The number of aromatic hydroxyl groups is 1. The number of aliphatic hydroxyl groups excluding tert-OH is 1. The monoisotopic (exact) mass is 196 g/mol. The molecule has 1 aromatic carbocycles. The van der Waals surface area contributed by atoms with Crippen molar-refractivity contribution in [2.75, 3.05) is 0 Å². The average molecular weight is 196 g/mol. The minimum Gasteiger partial charge on any atom is -0.504 e. The molecule has 0 bridgehead atoms. The van der Waals surface area contributed by atoms with Gasteiger partial charge in [-0.2, -0.15) is 0 Å². The molecule has 14 heavy (non-hydrogen) atoms. The predicted octanol–water partition coefficient (Wildman–Crippen LogP) is 2.30. The van der Waals surface area contributed by atoms with Crippen LogP contribution in [0.3, 0.4) is 0 Å². The van der Waals surface area contributed by atoms with Crippen molar-refractivity contribution in [2.24, 2.45) is 0 Å². The summed E-state index contributed by atoms with van der Waals surface area (Å²) in [6.45, 7) is 7.33. The van der Waals surface area contributed by atoms with E-state index in [4.69, 9.17) is 9.84 Å². The van der Waals surface area contributed by atoms with Gasteiger partial charge in [-0.3, -0.25) is 0 Å². The molecule has 3 nitrogen and oxygen atoms in total. The van der Waals surface area contributed by atoms with Crippen LogP contribution >= 0.6 is 0 Å². The van der Waals surface area contributed by atoms with Crippen LogP contribution in [-0.2, 0) is 0 Å². The number of rotatable bonds is 3. The van der Waals surface area contributed by atoms with Gasteiger partial charge in [-0.25, -0.2) is 0 Å². The highest BCUT2D eigenvalue weighted by molar-refractivity contribution is 5.38. The van der Waals surface area contributed by atoms with E-state index >= 15 is 0 Å². The molecule has 1 unspecified atom stereocenters. The lowest BCUT2D eigenvalue weighted by molar-refractivity contribution is 0.0230. The summed E-state index contributed by atoms with van der Waals surface area (Å²) >= 11 is 0. The maximum absolute atomic E-state index is 9.18. The first-order valence-electron chi connectivity index (χ1n) is 4.49. The van der Waals surface area contributed by atoms with Crippen LogP contribution in [0.1, 0.15) is 13.8 Å². The van der Waals surface area contributed by atoms with Crippen molar-refractivity contribution in [1.29, 1.82) is 0 Å². The van der Waals surface area contributed by atoms with Crippen molar-refractivity contribution in [3.63, 3.8) is 0 Å². The Balaban J connectivity index is 0.000000791. The third kappa shape index (κ3) is 3.96. The first-order valence-corrected chi connectivity index (χ1v) is 4.49. The molecule has 78 valence electrons. The van der Waals surface area contributed by atoms with E-state index in [-0.39, 0.29) is 11.5 Å². The molecular weight excluding hydrogens is 180 g/mol. The van der Waals surface area contributed by atoms with Crippen molar-refractivity contribution < 1.29 is 14.9 Å². The summed E-state index contributed by atoms with van der Waals surface area (Å²) in [5.41, 5.74) is 0. The molecule has 1 atom stereocenters. The Labute approximate surface area is 84.3 Å².